The summed E-state index contributed by atoms with van der Waals surface area (Å²) < 4.78 is 13.1. The SMILES string of the molecule is CC(C)C[C@@H](NC(=O)CN1C(=O)NC(C)(c2ccc(F)cc2)C1=O)C(=O)O. The summed E-state index contributed by atoms with van der Waals surface area (Å²) in [5.74, 6) is -3.07. The molecule has 2 rings (SSSR count). The number of carboxylic acid groups (broad SMARTS) is 1. The Labute approximate surface area is 155 Å². The van der Waals surface area contributed by atoms with Crippen LogP contribution in [0.5, 0.6) is 0 Å². The van der Waals surface area contributed by atoms with Crippen molar-refractivity contribution in [2.45, 2.75) is 38.8 Å². The van der Waals surface area contributed by atoms with Crippen LogP contribution < -0.4 is 10.6 Å². The molecule has 0 spiro atoms. The highest BCUT2D eigenvalue weighted by Gasteiger charge is 2.49. The van der Waals surface area contributed by atoms with Crippen molar-refractivity contribution in [1.82, 2.24) is 15.5 Å². The third kappa shape index (κ3) is 4.42. The van der Waals surface area contributed by atoms with Gasteiger partial charge in [0.25, 0.3) is 5.91 Å². The number of carboxylic acids is 1. The minimum atomic E-state index is -1.44. The number of hydrogen-bond acceptors (Lipinski definition) is 4. The second-order valence-corrected chi connectivity index (χ2v) is 7.04. The van der Waals surface area contributed by atoms with Gasteiger partial charge in [-0.25, -0.2) is 14.0 Å². The summed E-state index contributed by atoms with van der Waals surface area (Å²) >= 11 is 0. The van der Waals surface area contributed by atoms with E-state index in [0.29, 0.717) is 10.5 Å². The lowest BCUT2D eigenvalue weighted by atomic mass is 9.92. The number of amides is 4. The van der Waals surface area contributed by atoms with Crippen LogP contribution in [0.3, 0.4) is 0 Å². The fourth-order valence-electron chi connectivity index (χ4n) is 2.90. The first-order valence-electron chi connectivity index (χ1n) is 8.47. The molecule has 146 valence electrons. The van der Waals surface area contributed by atoms with Gasteiger partial charge in [0.2, 0.25) is 5.91 Å². The lowest BCUT2D eigenvalue weighted by Gasteiger charge is -2.22. The molecule has 0 aliphatic carbocycles. The van der Waals surface area contributed by atoms with Crippen molar-refractivity contribution in [2.75, 3.05) is 6.54 Å². The van der Waals surface area contributed by atoms with Gasteiger partial charge in [-0.2, -0.15) is 0 Å². The van der Waals surface area contributed by atoms with E-state index < -0.39 is 47.8 Å². The smallest absolute Gasteiger partial charge is 0.326 e. The van der Waals surface area contributed by atoms with Crippen molar-refractivity contribution >= 4 is 23.8 Å². The molecule has 0 radical (unpaired) electrons. The van der Waals surface area contributed by atoms with E-state index in [1.54, 1.807) is 0 Å². The van der Waals surface area contributed by atoms with E-state index in [1.165, 1.54) is 31.2 Å². The molecule has 2 atom stereocenters. The Morgan fingerprint density at radius 1 is 1.26 bits per heavy atom. The number of rotatable bonds is 7. The predicted molar refractivity (Wildman–Crippen MR) is 93.0 cm³/mol. The number of nitrogens with zero attached hydrogens (tertiary/aromatic N) is 1. The Morgan fingerprint density at radius 2 is 1.85 bits per heavy atom. The molecule has 1 saturated heterocycles. The number of hydrogen-bond donors (Lipinski definition) is 3. The van der Waals surface area contributed by atoms with Crippen LogP contribution in [0.4, 0.5) is 9.18 Å². The number of aliphatic carboxylic acids is 1. The minimum absolute atomic E-state index is 0.0323. The first-order chi connectivity index (χ1) is 12.5. The summed E-state index contributed by atoms with van der Waals surface area (Å²) in [5.41, 5.74) is -1.07. The molecular formula is C18H22FN3O5. The second kappa shape index (κ2) is 7.73. The van der Waals surface area contributed by atoms with Crippen molar-refractivity contribution in [3.05, 3.63) is 35.6 Å². The zero-order chi connectivity index (χ0) is 20.4. The van der Waals surface area contributed by atoms with E-state index in [1.807, 2.05) is 13.8 Å². The molecule has 1 unspecified atom stereocenters. The Balaban J connectivity index is 2.11. The first-order valence-corrected chi connectivity index (χ1v) is 8.47. The van der Waals surface area contributed by atoms with Crippen LogP contribution in [0.15, 0.2) is 24.3 Å². The Hall–Kier alpha value is -2.97. The highest BCUT2D eigenvalue weighted by atomic mass is 19.1. The van der Waals surface area contributed by atoms with Crippen LogP contribution in [0.1, 0.15) is 32.8 Å². The lowest BCUT2D eigenvalue weighted by Crippen LogP contribution is -2.48. The van der Waals surface area contributed by atoms with E-state index >= 15 is 0 Å². The van der Waals surface area contributed by atoms with Gasteiger partial charge < -0.3 is 15.7 Å². The zero-order valence-electron chi connectivity index (χ0n) is 15.3. The molecule has 1 aliphatic heterocycles. The third-order valence-electron chi connectivity index (χ3n) is 4.34. The van der Waals surface area contributed by atoms with Gasteiger partial charge in [-0.3, -0.25) is 14.5 Å². The molecule has 1 aliphatic rings. The number of nitrogens with one attached hydrogen (secondary N) is 2. The number of urea groups is 1. The van der Waals surface area contributed by atoms with Crippen LogP contribution >= 0.6 is 0 Å². The second-order valence-electron chi connectivity index (χ2n) is 7.04. The molecule has 0 aromatic heterocycles. The quantitative estimate of drug-likeness (QED) is 0.616. The van der Waals surface area contributed by atoms with Crippen molar-refractivity contribution in [3.63, 3.8) is 0 Å². The Morgan fingerprint density at radius 3 is 2.37 bits per heavy atom. The number of halogens is 1. The molecule has 3 N–H and O–H groups in total. The maximum absolute atomic E-state index is 13.1. The van der Waals surface area contributed by atoms with Crippen LogP contribution in [0.2, 0.25) is 0 Å². The molecule has 9 heteroatoms. The summed E-state index contributed by atoms with van der Waals surface area (Å²) in [6.45, 7) is 4.47. The van der Waals surface area contributed by atoms with Gasteiger partial charge in [0.05, 0.1) is 0 Å². The van der Waals surface area contributed by atoms with Crippen molar-refractivity contribution in [1.29, 1.82) is 0 Å². The van der Waals surface area contributed by atoms with Gasteiger partial charge in [0.1, 0.15) is 23.9 Å². The van der Waals surface area contributed by atoms with E-state index in [4.69, 9.17) is 0 Å². The maximum atomic E-state index is 13.1. The van der Waals surface area contributed by atoms with Gasteiger partial charge >= 0.3 is 12.0 Å². The summed E-state index contributed by atoms with van der Waals surface area (Å²) in [7, 11) is 0. The molecular weight excluding hydrogens is 357 g/mol. The van der Waals surface area contributed by atoms with Gasteiger partial charge in [-0.05, 0) is 37.0 Å². The third-order valence-corrected chi connectivity index (χ3v) is 4.34. The van der Waals surface area contributed by atoms with Gasteiger partial charge in [0.15, 0.2) is 0 Å². The van der Waals surface area contributed by atoms with E-state index in [9.17, 15) is 28.7 Å². The summed E-state index contributed by atoms with van der Waals surface area (Å²) in [6.07, 6.45) is 0.217. The molecule has 8 nitrogen and oxygen atoms in total. The van der Waals surface area contributed by atoms with E-state index in [2.05, 4.69) is 10.6 Å². The fourth-order valence-corrected chi connectivity index (χ4v) is 2.90. The normalized spacial score (nSPS) is 20.6. The highest BCUT2D eigenvalue weighted by molar-refractivity contribution is 6.09. The van der Waals surface area contributed by atoms with Gasteiger partial charge in [-0.1, -0.05) is 26.0 Å². The molecule has 1 aromatic carbocycles. The monoisotopic (exact) mass is 379 g/mol. The average Bonchev–Trinajstić information content (AvgIpc) is 2.78. The molecule has 0 saturated carbocycles. The summed E-state index contributed by atoms with van der Waals surface area (Å²) in [6, 6.07) is 3.19. The fraction of sp³-hybridized carbons (Fsp3) is 0.444. The predicted octanol–water partition coefficient (Wildman–Crippen LogP) is 1.21. The first kappa shape index (κ1) is 20.3. The Bertz CT molecular complexity index is 765. The largest absolute Gasteiger partial charge is 0.480 e. The van der Waals surface area contributed by atoms with Crippen LogP contribution in [0, 0.1) is 11.7 Å². The zero-order valence-corrected chi connectivity index (χ0v) is 15.3. The molecule has 0 bridgehead atoms. The molecule has 4 amide bonds. The van der Waals surface area contributed by atoms with Crippen LogP contribution in [-0.4, -0.2) is 46.4 Å². The number of imide groups is 1. The minimum Gasteiger partial charge on any atom is -0.480 e. The van der Waals surface area contributed by atoms with Crippen molar-refractivity contribution in [2.24, 2.45) is 5.92 Å². The number of benzene rings is 1. The molecule has 1 aromatic rings. The Kier molecular flexibility index (Phi) is 5.82. The number of carbonyl (C=O) groups is 4. The van der Waals surface area contributed by atoms with Crippen molar-refractivity contribution in [3.8, 4) is 0 Å². The van der Waals surface area contributed by atoms with E-state index in [-0.39, 0.29) is 12.3 Å². The maximum Gasteiger partial charge on any atom is 0.326 e. The van der Waals surface area contributed by atoms with E-state index in [0.717, 1.165) is 0 Å². The van der Waals surface area contributed by atoms with Crippen LogP contribution in [0.25, 0.3) is 0 Å². The number of carbonyl (C=O) groups excluding carboxylic acids is 3. The molecule has 1 heterocycles. The lowest BCUT2D eigenvalue weighted by molar-refractivity contribution is -0.142. The molecule has 27 heavy (non-hydrogen) atoms. The molecule has 1 fully saturated rings. The van der Waals surface area contributed by atoms with Gasteiger partial charge in [-0.15, -0.1) is 0 Å². The van der Waals surface area contributed by atoms with Gasteiger partial charge in [0, 0.05) is 0 Å². The standard InChI is InChI=1S/C18H22FN3O5/c1-10(2)8-13(15(24)25)20-14(23)9-22-16(26)18(3,21-17(22)27)11-4-6-12(19)7-5-11/h4-7,10,13H,8-9H2,1-3H3,(H,20,23)(H,21,27)(H,24,25)/t13-,18?/m1/s1. The summed E-state index contributed by atoms with van der Waals surface area (Å²) in [4.78, 5) is 49.0. The topological polar surface area (TPSA) is 116 Å². The van der Waals surface area contributed by atoms with Crippen LogP contribution in [-0.2, 0) is 19.9 Å². The van der Waals surface area contributed by atoms with Crippen molar-refractivity contribution < 1.29 is 28.7 Å². The highest BCUT2D eigenvalue weighted by Crippen LogP contribution is 2.28. The summed E-state index contributed by atoms with van der Waals surface area (Å²) in [5, 5.41) is 14.0. The average molecular weight is 379 g/mol.